The number of aliphatic hydroxyl groups excluding tert-OH is 1. The Morgan fingerprint density at radius 3 is 2.39 bits per heavy atom. The van der Waals surface area contributed by atoms with Gasteiger partial charge in [-0.2, -0.15) is 0 Å². The SMILES string of the molecule is CO[C@H]1/C=C\C=C(/C)C(=O)NC2=CC(=O)C(C)=C(C[C@H](C)C[C@H](C)[C@@H](O)[C@H](C)/C=C(\C)[C@@H]1OC(N)=O)C2=O. The third kappa shape index (κ3) is 7.85. The highest BCUT2D eigenvalue weighted by Gasteiger charge is 2.31. The summed E-state index contributed by atoms with van der Waals surface area (Å²) in [5.74, 6) is -1.69. The van der Waals surface area contributed by atoms with Gasteiger partial charge in [0, 0.05) is 35.8 Å². The lowest BCUT2D eigenvalue weighted by atomic mass is 9.81. The van der Waals surface area contributed by atoms with Crippen LogP contribution in [0.5, 0.6) is 0 Å². The number of hydrogen-bond donors (Lipinski definition) is 3. The van der Waals surface area contributed by atoms with Crippen LogP contribution in [0.2, 0.25) is 0 Å². The van der Waals surface area contributed by atoms with Crippen molar-refractivity contribution in [2.24, 2.45) is 23.5 Å². The average molecular weight is 529 g/mol. The van der Waals surface area contributed by atoms with Crippen molar-refractivity contribution < 1.29 is 33.8 Å². The largest absolute Gasteiger partial charge is 0.439 e. The normalized spacial score (nSPS) is 33.9. The quantitative estimate of drug-likeness (QED) is 0.368. The topological polar surface area (TPSA) is 145 Å². The summed E-state index contributed by atoms with van der Waals surface area (Å²) < 4.78 is 10.9. The van der Waals surface area contributed by atoms with Gasteiger partial charge in [0.2, 0.25) is 5.78 Å². The summed E-state index contributed by atoms with van der Waals surface area (Å²) in [5, 5.41) is 13.6. The summed E-state index contributed by atoms with van der Waals surface area (Å²) in [7, 11) is 1.45. The van der Waals surface area contributed by atoms with Gasteiger partial charge in [-0.15, -0.1) is 0 Å². The van der Waals surface area contributed by atoms with Gasteiger partial charge in [-0.25, -0.2) is 4.79 Å². The minimum atomic E-state index is -0.971. The van der Waals surface area contributed by atoms with Crippen molar-refractivity contribution in [2.75, 3.05) is 7.11 Å². The number of Topliss-reactive ketones (excluding diaryl/α,β-unsaturated/α-hetero) is 1. The molecule has 0 spiro atoms. The number of ether oxygens (including phenoxy) is 2. The van der Waals surface area contributed by atoms with Gasteiger partial charge in [-0.05, 0) is 51.0 Å². The lowest BCUT2D eigenvalue weighted by Gasteiger charge is -2.28. The standard InChI is InChI=1S/C29H40N2O7/c1-15-11-17(3)25(33)18(4)13-19(5)27(38-29(30)36)24(37-7)10-8-9-16(2)28(35)31-22-14-23(32)20(6)21(12-15)26(22)34/h8-10,13-15,17-18,24-25,27,33H,11-12H2,1-7H3,(H2,30,36)(H,31,35)/b10-8-,16-9+,19-13+/t15-,17+,18-,24+,25-,27+/m1/s1. The van der Waals surface area contributed by atoms with Gasteiger partial charge < -0.3 is 25.6 Å². The lowest BCUT2D eigenvalue weighted by Crippen LogP contribution is -2.35. The molecule has 0 aromatic carbocycles. The molecule has 4 N–H and O–H groups in total. The average Bonchev–Trinajstić information content (AvgIpc) is 2.84. The monoisotopic (exact) mass is 528 g/mol. The molecule has 0 fully saturated rings. The van der Waals surface area contributed by atoms with E-state index in [2.05, 4.69) is 5.32 Å². The molecular weight excluding hydrogens is 488 g/mol. The van der Waals surface area contributed by atoms with E-state index in [1.54, 1.807) is 32.9 Å². The molecule has 38 heavy (non-hydrogen) atoms. The second-order valence-electron chi connectivity index (χ2n) is 10.4. The molecule has 0 aromatic rings. The van der Waals surface area contributed by atoms with Crippen molar-refractivity contribution in [2.45, 2.75) is 72.7 Å². The highest BCUT2D eigenvalue weighted by atomic mass is 16.6. The van der Waals surface area contributed by atoms with Crippen LogP contribution >= 0.6 is 0 Å². The van der Waals surface area contributed by atoms with E-state index in [4.69, 9.17) is 15.2 Å². The minimum absolute atomic E-state index is 0.0228. The number of hydrogen-bond acceptors (Lipinski definition) is 7. The van der Waals surface area contributed by atoms with Crippen molar-refractivity contribution in [1.29, 1.82) is 0 Å². The van der Waals surface area contributed by atoms with E-state index in [9.17, 15) is 24.3 Å². The summed E-state index contributed by atoms with van der Waals surface area (Å²) in [5.41, 5.74) is 6.93. The number of amides is 2. The zero-order valence-electron chi connectivity index (χ0n) is 23.2. The van der Waals surface area contributed by atoms with E-state index >= 15 is 0 Å². The summed E-state index contributed by atoms with van der Waals surface area (Å²) >= 11 is 0. The Kier molecular flexibility index (Phi) is 11.0. The van der Waals surface area contributed by atoms with Gasteiger partial charge in [0.05, 0.1) is 11.8 Å². The summed E-state index contributed by atoms with van der Waals surface area (Å²) in [6, 6.07) is 0. The predicted octanol–water partition coefficient (Wildman–Crippen LogP) is 3.45. The molecule has 2 rings (SSSR count). The number of allylic oxidation sites excluding steroid dienone is 5. The van der Waals surface area contributed by atoms with Crippen molar-refractivity contribution in [1.82, 2.24) is 5.32 Å². The predicted molar refractivity (Wildman–Crippen MR) is 144 cm³/mol. The van der Waals surface area contributed by atoms with Crippen LogP contribution in [-0.4, -0.2) is 54.1 Å². The molecule has 1 heterocycles. The number of aliphatic hydroxyl groups is 1. The maximum absolute atomic E-state index is 13.2. The Morgan fingerprint density at radius 2 is 1.79 bits per heavy atom. The summed E-state index contributed by atoms with van der Waals surface area (Å²) in [4.78, 5) is 50.3. The summed E-state index contributed by atoms with van der Waals surface area (Å²) in [6.07, 6.45) is 5.34. The van der Waals surface area contributed by atoms with Gasteiger partial charge in [-0.3, -0.25) is 14.4 Å². The van der Waals surface area contributed by atoms with Crippen LogP contribution in [0, 0.1) is 17.8 Å². The first-order chi connectivity index (χ1) is 17.8. The van der Waals surface area contributed by atoms with Crippen molar-refractivity contribution in [3.05, 3.63) is 58.4 Å². The zero-order valence-corrected chi connectivity index (χ0v) is 23.2. The molecule has 6 atom stereocenters. The highest BCUT2D eigenvalue weighted by Crippen LogP contribution is 2.30. The van der Waals surface area contributed by atoms with E-state index in [0.717, 1.165) is 6.08 Å². The van der Waals surface area contributed by atoms with Gasteiger partial charge in [0.25, 0.3) is 5.91 Å². The van der Waals surface area contributed by atoms with Crippen LogP contribution in [0.15, 0.2) is 58.4 Å². The molecule has 9 heteroatoms. The summed E-state index contributed by atoms with van der Waals surface area (Å²) in [6.45, 7) is 10.7. The van der Waals surface area contributed by atoms with Crippen LogP contribution < -0.4 is 11.1 Å². The van der Waals surface area contributed by atoms with Gasteiger partial charge in [0.1, 0.15) is 6.10 Å². The number of nitrogens with one attached hydrogen (secondary N) is 1. The molecule has 1 aliphatic heterocycles. The Bertz CT molecular complexity index is 1110. The number of rotatable bonds is 2. The zero-order chi connectivity index (χ0) is 28.7. The Hall–Kier alpha value is -3.30. The van der Waals surface area contributed by atoms with Crippen molar-refractivity contribution in [3.8, 4) is 0 Å². The fraction of sp³-hybridized carbons (Fsp3) is 0.517. The first-order valence-electron chi connectivity index (χ1n) is 12.8. The third-order valence-electron chi connectivity index (χ3n) is 7.11. The second-order valence-corrected chi connectivity index (χ2v) is 10.4. The van der Waals surface area contributed by atoms with Crippen LogP contribution in [-0.2, 0) is 23.9 Å². The highest BCUT2D eigenvalue weighted by molar-refractivity contribution is 6.23. The molecule has 0 radical (unpaired) electrons. The molecule has 1 aliphatic carbocycles. The maximum Gasteiger partial charge on any atom is 0.405 e. The molecule has 208 valence electrons. The van der Waals surface area contributed by atoms with Crippen LogP contribution in [0.3, 0.4) is 0 Å². The van der Waals surface area contributed by atoms with Crippen LogP contribution in [0.1, 0.15) is 54.4 Å². The number of ketones is 2. The van der Waals surface area contributed by atoms with E-state index in [0.29, 0.717) is 29.6 Å². The van der Waals surface area contributed by atoms with Crippen LogP contribution in [0.4, 0.5) is 4.79 Å². The first-order valence-corrected chi connectivity index (χ1v) is 12.8. The minimum Gasteiger partial charge on any atom is -0.439 e. The second kappa shape index (κ2) is 13.5. The number of methoxy groups -OCH3 is 1. The number of primary amides is 1. The molecule has 0 unspecified atom stereocenters. The molecule has 2 bridgehead atoms. The van der Waals surface area contributed by atoms with Gasteiger partial charge >= 0.3 is 6.09 Å². The van der Waals surface area contributed by atoms with Crippen LogP contribution in [0.25, 0.3) is 0 Å². The maximum atomic E-state index is 13.2. The van der Waals surface area contributed by atoms with Gasteiger partial charge in [-0.1, -0.05) is 45.1 Å². The molecule has 2 aliphatic rings. The fourth-order valence-electron chi connectivity index (χ4n) is 4.91. The number of fused-ring (bicyclic) bond motifs is 2. The van der Waals surface area contributed by atoms with E-state index < -0.39 is 30.3 Å². The molecule has 0 saturated carbocycles. The number of nitrogens with two attached hydrogens (primary N) is 1. The number of carbonyl (C=O) groups is 4. The first kappa shape index (κ1) is 30.9. The Labute approximate surface area is 224 Å². The smallest absolute Gasteiger partial charge is 0.405 e. The molecule has 0 saturated heterocycles. The van der Waals surface area contributed by atoms with E-state index in [-0.39, 0.29) is 40.6 Å². The Balaban J connectivity index is 2.54. The third-order valence-corrected chi connectivity index (χ3v) is 7.11. The molecule has 0 aromatic heterocycles. The number of carbonyl (C=O) groups excluding carboxylic acids is 4. The molecule has 2 amide bonds. The van der Waals surface area contributed by atoms with Gasteiger partial charge in [0.15, 0.2) is 11.9 Å². The van der Waals surface area contributed by atoms with E-state index in [1.807, 2.05) is 26.8 Å². The Morgan fingerprint density at radius 1 is 1.13 bits per heavy atom. The van der Waals surface area contributed by atoms with Crippen molar-refractivity contribution in [3.63, 3.8) is 0 Å². The molecular formula is C29H40N2O7. The van der Waals surface area contributed by atoms with Crippen molar-refractivity contribution >= 4 is 23.6 Å². The van der Waals surface area contributed by atoms with E-state index in [1.165, 1.54) is 13.2 Å². The fourth-order valence-corrected chi connectivity index (χ4v) is 4.91. The lowest BCUT2D eigenvalue weighted by molar-refractivity contribution is -0.120. The molecule has 9 nitrogen and oxygen atoms in total.